The van der Waals surface area contributed by atoms with Gasteiger partial charge in [0.15, 0.2) is 0 Å². The van der Waals surface area contributed by atoms with E-state index in [4.69, 9.17) is 11.6 Å². The van der Waals surface area contributed by atoms with E-state index in [1.54, 1.807) is 0 Å². The molecular weight excluding hydrogens is 388 g/mol. The third kappa shape index (κ3) is 6.34. The Labute approximate surface area is 153 Å². The molecule has 0 bridgehead atoms. The van der Waals surface area contributed by atoms with Crippen LogP contribution in [-0.2, 0) is 10.0 Å². The maximum atomic E-state index is 13.3. The minimum Gasteiger partial charge on any atom is -0.314 e. The molecule has 2 rings (SSSR count). The van der Waals surface area contributed by atoms with Crippen molar-refractivity contribution in [3.05, 3.63) is 28.5 Å². The number of hydrogen-bond acceptors (Lipinski definition) is 4. The van der Waals surface area contributed by atoms with Gasteiger partial charge in [0.25, 0.3) is 0 Å². The minimum atomic E-state index is -3.72. The highest BCUT2D eigenvalue weighted by atomic mass is 35.5. The zero-order valence-electron chi connectivity index (χ0n) is 12.6. The zero-order chi connectivity index (χ0) is 15.5. The standard InChI is InChI=1S/C13H19ClFN3O2S.2ClH/c1-10-8-13(11(14)9-12(10)15)21(19,20)17-4-7-18-5-2-16-3-6-18;;/h8-9,16-17H,2-7H2,1H3;2*1H. The summed E-state index contributed by atoms with van der Waals surface area (Å²) in [7, 11) is -3.72. The molecule has 1 aromatic carbocycles. The number of nitrogens with zero attached hydrogens (tertiary/aromatic N) is 1. The molecule has 0 amide bonds. The molecule has 1 aliphatic rings. The molecule has 1 saturated heterocycles. The molecule has 0 aliphatic carbocycles. The van der Waals surface area contributed by atoms with Crippen molar-refractivity contribution < 1.29 is 12.8 Å². The summed E-state index contributed by atoms with van der Waals surface area (Å²) >= 11 is 5.84. The maximum absolute atomic E-state index is 13.3. The lowest BCUT2D eigenvalue weighted by molar-refractivity contribution is 0.245. The first-order chi connectivity index (χ1) is 9.90. The first-order valence-electron chi connectivity index (χ1n) is 6.78. The van der Waals surface area contributed by atoms with E-state index in [1.807, 2.05) is 0 Å². The molecular formula is C13H21Cl3FN3O2S. The van der Waals surface area contributed by atoms with Crippen molar-refractivity contribution >= 4 is 46.4 Å². The van der Waals surface area contributed by atoms with Crippen LogP contribution in [0.2, 0.25) is 5.02 Å². The normalized spacial score (nSPS) is 15.6. The molecule has 0 atom stereocenters. The SMILES string of the molecule is Cc1cc(S(=O)(=O)NCCN2CCNCC2)c(Cl)cc1F.Cl.Cl. The molecule has 1 aliphatic heterocycles. The summed E-state index contributed by atoms with van der Waals surface area (Å²) in [5.41, 5.74) is 0.252. The summed E-state index contributed by atoms with van der Waals surface area (Å²) in [5.74, 6) is -0.514. The fraction of sp³-hybridized carbons (Fsp3) is 0.538. The second kappa shape index (κ2) is 9.98. The summed E-state index contributed by atoms with van der Waals surface area (Å²) in [5, 5.41) is 3.13. The molecule has 5 nitrogen and oxygen atoms in total. The van der Waals surface area contributed by atoms with E-state index in [2.05, 4.69) is 14.9 Å². The van der Waals surface area contributed by atoms with E-state index in [1.165, 1.54) is 13.0 Å². The number of hydrogen-bond donors (Lipinski definition) is 2. The van der Waals surface area contributed by atoms with Crippen molar-refractivity contribution in [2.45, 2.75) is 11.8 Å². The highest BCUT2D eigenvalue weighted by Crippen LogP contribution is 2.24. The quantitative estimate of drug-likeness (QED) is 0.780. The summed E-state index contributed by atoms with van der Waals surface area (Å²) < 4.78 is 40.3. The molecule has 2 N–H and O–H groups in total. The molecule has 1 fully saturated rings. The van der Waals surface area contributed by atoms with Gasteiger partial charge in [0, 0.05) is 39.3 Å². The van der Waals surface area contributed by atoms with Crippen molar-refractivity contribution in [2.75, 3.05) is 39.3 Å². The fourth-order valence-electron chi connectivity index (χ4n) is 2.19. The van der Waals surface area contributed by atoms with Crippen LogP contribution in [0.1, 0.15) is 5.56 Å². The van der Waals surface area contributed by atoms with Gasteiger partial charge in [-0.25, -0.2) is 17.5 Å². The van der Waals surface area contributed by atoms with Gasteiger partial charge in [0.2, 0.25) is 10.0 Å². The summed E-state index contributed by atoms with van der Waals surface area (Å²) in [6.45, 7) is 6.07. The Balaban J connectivity index is 0.00000242. The molecule has 10 heteroatoms. The van der Waals surface area contributed by atoms with Crippen molar-refractivity contribution in [1.82, 2.24) is 14.9 Å². The number of nitrogens with one attached hydrogen (secondary N) is 2. The topological polar surface area (TPSA) is 61.4 Å². The molecule has 134 valence electrons. The van der Waals surface area contributed by atoms with Crippen molar-refractivity contribution in [1.29, 1.82) is 0 Å². The molecule has 23 heavy (non-hydrogen) atoms. The van der Waals surface area contributed by atoms with Gasteiger partial charge in [-0.15, -0.1) is 24.8 Å². The van der Waals surface area contributed by atoms with Crippen LogP contribution in [0.5, 0.6) is 0 Å². The lowest BCUT2D eigenvalue weighted by atomic mass is 10.2. The van der Waals surface area contributed by atoms with Crippen molar-refractivity contribution in [3.8, 4) is 0 Å². The first kappa shape index (κ1) is 22.9. The van der Waals surface area contributed by atoms with Gasteiger partial charge >= 0.3 is 0 Å². The van der Waals surface area contributed by atoms with Gasteiger partial charge in [0.1, 0.15) is 10.7 Å². The predicted molar refractivity (Wildman–Crippen MR) is 95.1 cm³/mol. The molecule has 0 aromatic heterocycles. The number of aryl methyl sites for hydroxylation is 1. The van der Waals surface area contributed by atoms with E-state index >= 15 is 0 Å². The minimum absolute atomic E-state index is 0. The number of halogens is 4. The summed E-state index contributed by atoms with van der Waals surface area (Å²) in [6.07, 6.45) is 0. The average molecular weight is 409 g/mol. The Morgan fingerprint density at radius 3 is 2.52 bits per heavy atom. The molecule has 0 spiro atoms. The van der Waals surface area contributed by atoms with Gasteiger partial charge in [-0.3, -0.25) is 4.90 Å². The monoisotopic (exact) mass is 407 g/mol. The highest BCUT2D eigenvalue weighted by molar-refractivity contribution is 7.89. The maximum Gasteiger partial charge on any atom is 0.242 e. The third-order valence-corrected chi connectivity index (χ3v) is 5.36. The Morgan fingerprint density at radius 1 is 1.30 bits per heavy atom. The second-order valence-electron chi connectivity index (χ2n) is 5.02. The van der Waals surface area contributed by atoms with Gasteiger partial charge in [0.05, 0.1) is 5.02 Å². The fourth-order valence-corrected chi connectivity index (χ4v) is 3.81. The Hall–Kier alpha value is -0.150. The van der Waals surface area contributed by atoms with Crippen LogP contribution in [0, 0.1) is 12.7 Å². The van der Waals surface area contributed by atoms with Gasteiger partial charge < -0.3 is 5.32 Å². The van der Waals surface area contributed by atoms with E-state index < -0.39 is 15.8 Å². The van der Waals surface area contributed by atoms with Crippen LogP contribution in [0.15, 0.2) is 17.0 Å². The van der Waals surface area contributed by atoms with Gasteiger partial charge in [-0.1, -0.05) is 11.6 Å². The predicted octanol–water partition coefficient (Wildman–Crippen LogP) is 1.81. The Kier molecular flexibility index (Phi) is 9.92. The van der Waals surface area contributed by atoms with Crippen LogP contribution in [-0.4, -0.2) is 52.6 Å². The lowest BCUT2D eigenvalue weighted by Crippen LogP contribution is -2.46. The summed E-state index contributed by atoms with van der Waals surface area (Å²) in [6, 6.07) is 2.28. The largest absolute Gasteiger partial charge is 0.314 e. The van der Waals surface area contributed by atoms with Crippen molar-refractivity contribution in [3.63, 3.8) is 0 Å². The molecule has 0 unspecified atom stereocenters. The van der Waals surface area contributed by atoms with E-state index in [0.717, 1.165) is 32.2 Å². The average Bonchev–Trinajstić information content (AvgIpc) is 2.43. The number of sulfonamides is 1. The Bertz CT molecular complexity index is 611. The highest BCUT2D eigenvalue weighted by Gasteiger charge is 2.20. The van der Waals surface area contributed by atoms with Gasteiger partial charge in [-0.2, -0.15) is 0 Å². The number of rotatable bonds is 5. The van der Waals surface area contributed by atoms with Gasteiger partial charge in [-0.05, 0) is 24.6 Å². The molecule has 0 radical (unpaired) electrons. The van der Waals surface area contributed by atoms with E-state index in [9.17, 15) is 12.8 Å². The molecule has 1 heterocycles. The number of benzene rings is 1. The van der Waals surface area contributed by atoms with E-state index in [-0.39, 0.29) is 40.3 Å². The molecule has 0 saturated carbocycles. The smallest absolute Gasteiger partial charge is 0.242 e. The second-order valence-corrected chi connectivity index (χ2v) is 7.16. The van der Waals surface area contributed by atoms with Crippen LogP contribution in [0.3, 0.4) is 0 Å². The van der Waals surface area contributed by atoms with Crippen LogP contribution in [0.4, 0.5) is 4.39 Å². The van der Waals surface area contributed by atoms with Crippen LogP contribution < -0.4 is 10.0 Å². The van der Waals surface area contributed by atoms with Crippen molar-refractivity contribution in [2.24, 2.45) is 0 Å². The summed E-state index contributed by atoms with van der Waals surface area (Å²) in [4.78, 5) is 2.10. The zero-order valence-corrected chi connectivity index (χ0v) is 15.8. The first-order valence-corrected chi connectivity index (χ1v) is 8.64. The van der Waals surface area contributed by atoms with Crippen LogP contribution >= 0.6 is 36.4 Å². The van der Waals surface area contributed by atoms with Crippen LogP contribution in [0.25, 0.3) is 0 Å². The molecule has 1 aromatic rings. The number of piperazine rings is 1. The Morgan fingerprint density at radius 2 is 1.91 bits per heavy atom. The third-order valence-electron chi connectivity index (χ3n) is 3.43. The lowest BCUT2D eigenvalue weighted by Gasteiger charge is -2.27. The van der Waals surface area contributed by atoms with E-state index in [0.29, 0.717) is 13.1 Å².